The summed E-state index contributed by atoms with van der Waals surface area (Å²) in [5.74, 6) is 6.23. The molecule has 3 saturated carbocycles. The minimum absolute atomic E-state index is 0.562. The van der Waals surface area contributed by atoms with Crippen molar-refractivity contribution in [3.05, 3.63) is 23.5 Å². The van der Waals surface area contributed by atoms with E-state index in [1.807, 2.05) is 32.9 Å². The maximum atomic E-state index is 15.2. The molecule has 0 spiro atoms. The second-order valence-electron chi connectivity index (χ2n) is 12.7. The zero-order valence-electron chi connectivity index (χ0n) is 23.2. The van der Waals surface area contributed by atoms with Gasteiger partial charge in [0.05, 0.1) is 13.2 Å². The molecule has 4 aliphatic carbocycles. The average Bonchev–Trinajstić information content (AvgIpc) is 2.88. The van der Waals surface area contributed by atoms with Crippen molar-refractivity contribution in [1.29, 1.82) is 0 Å². The maximum Gasteiger partial charge on any atom is 0.157 e. The van der Waals surface area contributed by atoms with Crippen LogP contribution >= 0.6 is 0 Å². The third kappa shape index (κ3) is 6.74. The Balaban J connectivity index is 1.18. The predicted molar refractivity (Wildman–Crippen MR) is 144 cm³/mol. The zero-order chi connectivity index (χ0) is 24.8. The minimum atomic E-state index is -1.14. The number of ether oxygens (including phenoxy) is 2. The molecule has 0 heterocycles. The molecule has 0 aliphatic heterocycles. The normalized spacial score (nSPS) is 40.0. The van der Waals surface area contributed by atoms with E-state index in [0.717, 1.165) is 29.6 Å². The molecule has 0 bridgehead atoms. The first-order chi connectivity index (χ1) is 16.9. The second-order valence-corrected chi connectivity index (χ2v) is 12.7. The van der Waals surface area contributed by atoms with Gasteiger partial charge in [-0.05, 0) is 126 Å². The van der Waals surface area contributed by atoms with Crippen molar-refractivity contribution in [1.82, 2.24) is 0 Å². The van der Waals surface area contributed by atoms with Crippen LogP contribution in [0.4, 0.5) is 4.39 Å². The van der Waals surface area contributed by atoms with Gasteiger partial charge in [0, 0.05) is 5.57 Å². The average molecular weight is 489 g/mol. The standard InChI is InChI=1S/C32H53FO2/c1-5-7-8-9-24-10-15-29-21-28(17-16-27(29)20-24)26-13-11-25(12-14-26)22-35-32(4)19-18-30(34-6-2)23(3)31(32)33/h18-19,24-29,31H,5-17,20-22H2,1-4H3. The first kappa shape index (κ1) is 27.2. The van der Waals surface area contributed by atoms with Crippen molar-refractivity contribution in [3.8, 4) is 0 Å². The van der Waals surface area contributed by atoms with Crippen molar-refractivity contribution in [2.75, 3.05) is 13.2 Å². The van der Waals surface area contributed by atoms with E-state index >= 15 is 4.39 Å². The highest BCUT2D eigenvalue weighted by Crippen LogP contribution is 2.50. The topological polar surface area (TPSA) is 18.5 Å². The first-order valence-corrected chi connectivity index (χ1v) is 15.2. The van der Waals surface area contributed by atoms with Crippen LogP contribution in [-0.2, 0) is 9.47 Å². The van der Waals surface area contributed by atoms with Gasteiger partial charge in [-0.1, -0.05) is 39.0 Å². The Morgan fingerprint density at radius 1 is 0.857 bits per heavy atom. The van der Waals surface area contributed by atoms with E-state index in [0.29, 0.717) is 30.5 Å². The molecule has 0 aromatic heterocycles. The Bertz CT molecular complexity index is 721. The molecule has 3 fully saturated rings. The summed E-state index contributed by atoms with van der Waals surface area (Å²) < 4.78 is 27.0. The fourth-order valence-electron chi connectivity index (χ4n) is 7.97. The largest absolute Gasteiger partial charge is 0.494 e. The van der Waals surface area contributed by atoms with Crippen LogP contribution in [0.3, 0.4) is 0 Å². The van der Waals surface area contributed by atoms with Gasteiger partial charge in [-0.3, -0.25) is 0 Å². The molecule has 0 aromatic carbocycles. The quantitative estimate of drug-likeness (QED) is 0.285. The molecule has 0 radical (unpaired) electrons. The van der Waals surface area contributed by atoms with E-state index in [9.17, 15) is 0 Å². The van der Waals surface area contributed by atoms with Crippen LogP contribution in [0, 0.1) is 35.5 Å². The summed E-state index contributed by atoms with van der Waals surface area (Å²) >= 11 is 0. The number of allylic oxidation sites excluding steroid dienone is 1. The van der Waals surface area contributed by atoms with Gasteiger partial charge in [-0.25, -0.2) is 4.39 Å². The van der Waals surface area contributed by atoms with Crippen LogP contribution in [0.25, 0.3) is 0 Å². The third-order valence-corrected chi connectivity index (χ3v) is 10.3. The van der Waals surface area contributed by atoms with Gasteiger partial charge >= 0.3 is 0 Å². The highest BCUT2D eigenvalue weighted by atomic mass is 19.1. The van der Waals surface area contributed by atoms with Gasteiger partial charge in [0.15, 0.2) is 6.17 Å². The molecule has 0 amide bonds. The summed E-state index contributed by atoms with van der Waals surface area (Å²) in [5.41, 5.74) is -0.207. The Labute approximate surface area is 215 Å². The summed E-state index contributed by atoms with van der Waals surface area (Å²) in [6, 6.07) is 0. The molecule has 4 rings (SSSR count). The summed E-state index contributed by atoms with van der Waals surface area (Å²) in [4.78, 5) is 0. The SMILES string of the molecule is CCCCCC1CCC2CC(C3CCC(COC4(C)C=CC(OCC)=C(C)C4F)CC3)CCC2C1. The number of rotatable bonds is 10. The lowest BCUT2D eigenvalue weighted by atomic mass is 9.60. The molecule has 3 heteroatoms. The number of hydrogen-bond donors (Lipinski definition) is 0. The first-order valence-electron chi connectivity index (χ1n) is 15.2. The van der Waals surface area contributed by atoms with Crippen LogP contribution in [0.1, 0.15) is 118 Å². The minimum Gasteiger partial charge on any atom is -0.494 e. The molecule has 4 aliphatic rings. The molecular formula is C32H53FO2. The van der Waals surface area contributed by atoms with Crippen molar-refractivity contribution in [2.45, 2.75) is 129 Å². The molecule has 0 aromatic rings. The maximum absolute atomic E-state index is 15.2. The van der Waals surface area contributed by atoms with Crippen molar-refractivity contribution < 1.29 is 13.9 Å². The molecule has 35 heavy (non-hydrogen) atoms. The van der Waals surface area contributed by atoms with E-state index in [1.165, 1.54) is 89.9 Å². The second kappa shape index (κ2) is 12.6. The fourth-order valence-corrected chi connectivity index (χ4v) is 7.97. The lowest BCUT2D eigenvalue weighted by Crippen LogP contribution is -2.42. The van der Waals surface area contributed by atoms with Gasteiger partial charge in [0.2, 0.25) is 0 Å². The molecule has 6 atom stereocenters. The van der Waals surface area contributed by atoms with Crippen LogP contribution in [0.5, 0.6) is 0 Å². The number of halogens is 1. The summed E-state index contributed by atoms with van der Waals surface area (Å²) in [6.45, 7) is 9.23. The molecule has 0 saturated heterocycles. The lowest BCUT2D eigenvalue weighted by Gasteiger charge is -2.45. The van der Waals surface area contributed by atoms with E-state index in [4.69, 9.17) is 9.47 Å². The number of hydrogen-bond acceptors (Lipinski definition) is 2. The summed E-state index contributed by atoms with van der Waals surface area (Å²) in [6.07, 6.45) is 22.6. The Kier molecular flexibility index (Phi) is 9.81. The highest BCUT2D eigenvalue weighted by Gasteiger charge is 2.41. The van der Waals surface area contributed by atoms with E-state index < -0.39 is 11.8 Å². The molecule has 2 nitrogen and oxygen atoms in total. The molecule has 6 unspecified atom stereocenters. The Morgan fingerprint density at radius 3 is 2.20 bits per heavy atom. The fraction of sp³-hybridized carbons (Fsp3) is 0.875. The van der Waals surface area contributed by atoms with Gasteiger partial charge < -0.3 is 9.47 Å². The van der Waals surface area contributed by atoms with Gasteiger partial charge in [0.1, 0.15) is 11.4 Å². The van der Waals surface area contributed by atoms with Gasteiger partial charge in [0.25, 0.3) is 0 Å². The van der Waals surface area contributed by atoms with E-state index in [1.54, 1.807) is 0 Å². The molecule has 200 valence electrons. The smallest absolute Gasteiger partial charge is 0.157 e. The van der Waals surface area contributed by atoms with E-state index in [2.05, 4.69) is 6.92 Å². The Hall–Kier alpha value is -0.830. The number of alkyl halides is 1. The monoisotopic (exact) mass is 488 g/mol. The highest BCUT2D eigenvalue weighted by molar-refractivity contribution is 5.33. The Morgan fingerprint density at radius 2 is 1.49 bits per heavy atom. The molecule has 0 N–H and O–H groups in total. The van der Waals surface area contributed by atoms with Gasteiger partial charge in [-0.15, -0.1) is 0 Å². The number of unbranched alkanes of at least 4 members (excludes halogenated alkanes) is 2. The van der Waals surface area contributed by atoms with Crippen molar-refractivity contribution >= 4 is 0 Å². The number of fused-ring (bicyclic) bond motifs is 1. The lowest BCUT2D eigenvalue weighted by molar-refractivity contribution is -0.0630. The summed E-state index contributed by atoms with van der Waals surface area (Å²) in [5, 5.41) is 0. The van der Waals surface area contributed by atoms with Gasteiger partial charge in [-0.2, -0.15) is 0 Å². The van der Waals surface area contributed by atoms with Crippen molar-refractivity contribution in [3.63, 3.8) is 0 Å². The summed E-state index contributed by atoms with van der Waals surface area (Å²) in [7, 11) is 0. The zero-order valence-corrected chi connectivity index (χ0v) is 23.2. The van der Waals surface area contributed by atoms with Crippen LogP contribution in [0.15, 0.2) is 23.5 Å². The molecular weight excluding hydrogens is 435 g/mol. The van der Waals surface area contributed by atoms with Crippen LogP contribution < -0.4 is 0 Å². The third-order valence-electron chi connectivity index (χ3n) is 10.3. The predicted octanol–water partition coefficient (Wildman–Crippen LogP) is 9.20. The van der Waals surface area contributed by atoms with Crippen molar-refractivity contribution in [2.24, 2.45) is 35.5 Å². The van der Waals surface area contributed by atoms with E-state index in [-0.39, 0.29) is 0 Å². The van der Waals surface area contributed by atoms with Crippen LogP contribution in [-0.4, -0.2) is 25.0 Å². The van der Waals surface area contributed by atoms with Crippen LogP contribution in [0.2, 0.25) is 0 Å².